The molecule has 0 spiro atoms. The maximum atomic E-state index is 5.23. The molecule has 0 fully saturated rings. The van der Waals surface area contributed by atoms with Gasteiger partial charge in [0.15, 0.2) is 0 Å². The van der Waals surface area contributed by atoms with Crippen LogP contribution in [0.5, 0.6) is 5.88 Å². The van der Waals surface area contributed by atoms with Crippen molar-refractivity contribution >= 4 is 0 Å². The van der Waals surface area contributed by atoms with E-state index >= 15 is 0 Å². The van der Waals surface area contributed by atoms with Crippen molar-refractivity contribution in [1.29, 1.82) is 0 Å². The molecule has 140 valence electrons. The first kappa shape index (κ1) is 19.1. The quantitative estimate of drug-likeness (QED) is 0.507. The number of ether oxygens (including phenoxy) is 1. The molecule has 3 rings (SSSR count). The lowest BCUT2D eigenvalue weighted by molar-refractivity contribution is 0.129. The molecule has 3 nitrogen and oxygen atoms in total. The maximum Gasteiger partial charge on any atom is 0.212 e. The van der Waals surface area contributed by atoms with Gasteiger partial charge in [-0.2, -0.15) is 0 Å². The molecule has 0 aliphatic heterocycles. The fourth-order valence-electron chi connectivity index (χ4n) is 3.61. The first-order valence-corrected chi connectivity index (χ1v) is 9.57. The van der Waals surface area contributed by atoms with Crippen LogP contribution in [-0.4, -0.2) is 17.0 Å². The Bertz CT molecular complexity index is 803. The van der Waals surface area contributed by atoms with Crippen molar-refractivity contribution in [2.45, 2.75) is 38.9 Å². The molecule has 3 heteroatoms. The largest absolute Gasteiger partial charge is 0.481 e. The summed E-state index contributed by atoms with van der Waals surface area (Å²) >= 11 is 0. The van der Waals surface area contributed by atoms with Crippen molar-refractivity contribution in [2.75, 3.05) is 7.11 Å². The van der Waals surface area contributed by atoms with E-state index in [4.69, 9.17) is 4.74 Å². The summed E-state index contributed by atoms with van der Waals surface area (Å²) in [5.74, 6) is 0.652. The molecule has 3 aromatic rings. The predicted octanol–water partition coefficient (Wildman–Crippen LogP) is 5.80. The van der Waals surface area contributed by atoms with Gasteiger partial charge < -0.3 is 4.74 Å². The lowest BCUT2D eigenvalue weighted by Crippen LogP contribution is -2.31. The molecule has 1 unspecified atom stereocenters. The van der Waals surface area contributed by atoms with Gasteiger partial charge in [-0.15, -0.1) is 0 Å². The third-order valence-corrected chi connectivity index (χ3v) is 5.13. The van der Waals surface area contributed by atoms with Gasteiger partial charge in [0.05, 0.1) is 7.11 Å². The minimum atomic E-state index is 0.277. The van der Waals surface area contributed by atoms with Gasteiger partial charge in [0.2, 0.25) is 5.88 Å². The third-order valence-electron chi connectivity index (χ3n) is 5.13. The number of methoxy groups -OCH3 is 1. The van der Waals surface area contributed by atoms with E-state index in [1.807, 2.05) is 12.3 Å². The predicted molar refractivity (Wildman–Crippen MR) is 111 cm³/mol. The topological polar surface area (TPSA) is 25.4 Å². The lowest BCUT2D eigenvalue weighted by Gasteiger charge is -2.37. The summed E-state index contributed by atoms with van der Waals surface area (Å²) in [6.07, 6.45) is 2.96. The molecule has 0 radical (unpaired) electrons. The van der Waals surface area contributed by atoms with Crippen molar-refractivity contribution in [2.24, 2.45) is 0 Å². The van der Waals surface area contributed by atoms with Gasteiger partial charge >= 0.3 is 0 Å². The average molecular weight is 361 g/mol. The fourth-order valence-corrected chi connectivity index (χ4v) is 3.61. The van der Waals surface area contributed by atoms with Crippen LogP contribution in [0, 0.1) is 0 Å². The Hall–Kier alpha value is -2.65. The lowest BCUT2D eigenvalue weighted by atomic mass is 9.98. The first-order valence-electron chi connectivity index (χ1n) is 9.57. The summed E-state index contributed by atoms with van der Waals surface area (Å²) in [6, 6.07) is 26.1. The molecule has 0 saturated heterocycles. The number of hydrogen-bond acceptors (Lipinski definition) is 3. The average Bonchev–Trinajstić information content (AvgIpc) is 2.75. The molecular weight excluding hydrogens is 332 g/mol. The molecule has 1 heterocycles. The van der Waals surface area contributed by atoms with Crippen molar-refractivity contribution < 1.29 is 4.74 Å². The molecule has 2 aromatic carbocycles. The van der Waals surface area contributed by atoms with E-state index in [9.17, 15) is 0 Å². The van der Waals surface area contributed by atoms with E-state index in [-0.39, 0.29) is 6.04 Å². The Morgan fingerprint density at radius 1 is 0.889 bits per heavy atom. The molecule has 2 atom stereocenters. The second-order valence-corrected chi connectivity index (χ2v) is 6.80. The Morgan fingerprint density at radius 3 is 2.11 bits per heavy atom. The van der Waals surface area contributed by atoms with Crippen LogP contribution in [0.2, 0.25) is 0 Å². The highest BCUT2D eigenvalue weighted by molar-refractivity contribution is 5.24. The standard InChI is InChI=1S/C24H28N2O/c1-4-23(22-15-16-24(27-3)25-17-22)26(18-20-11-7-5-8-12-20)19(2)21-13-9-6-10-14-21/h5-17,19,23H,4,18H2,1-3H3/t19?,23-/m0/s1. The van der Waals surface area contributed by atoms with Gasteiger partial charge in [-0.25, -0.2) is 4.98 Å². The van der Waals surface area contributed by atoms with Gasteiger partial charge in [-0.05, 0) is 30.0 Å². The molecule has 0 bridgehead atoms. The van der Waals surface area contributed by atoms with Crippen LogP contribution in [0.3, 0.4) is 0 Å². The van der Waals surface area contributed by atoms with Crippen LogP contribution in [-0.2, 0) is 6.54 Å². The normalized spacial score (nSPS) is 13.3. The van der Waals surface area contributed by atoms with Gasteiger partial charge in [-0.1, -0.05) is 73.7 Å². The Balaban J connectivity index is 1.95. The summed E-state index contributed by atoms with van der Waals surface area (Å²) in [5.41, 5.74) is 3.87. The number of rotatable bonds is 8. The minimum absolute atomic E-state index is 0.277. The van der Waals surface area contributed by atoms with Crippen LogP contribution in [0.15, 0.2) is 79.0 Å². The highest BCUT2D eigenvalue weighted by Gasteiger charge is 2.25. The summed E-state index contributed by atoms with van der Waals surface area (Å²) in [6.45, 7) is 5.42. The van der Waals surface area contributed by atoms with E-state index in [0.717, 1.165) is 13.0 Å². The van der Waals surface area contributed by atoms with Crippen LogP contribution in [0.1, 0.15) is 49.0 Å². The number of hydrogen-bond donors (Lipinski definition) is 0. The van der Waals surface area contributed by atoms with Gasteiger partial charge in [0, 0.05) is 30.9 Å². The Morgan fingerprint density at radius 2 is 1.56 bits per heavy atom. The monoisotopic (exact) mass is 360 g/mol. The Labute approximate surface area is 162 Å². The maximum absolute atomic E-state index is 5.23. The Kier molecular flexibility index (Phi) is 6.61. The van der Waals surface area contributed by atoms with E-state index in [1.54, 1.807) is 7.11 Å². The molecule has 0 amide bonds. The molecule has 0 N–H and O–H groups in total. The number of nitrogens with zero attached hydrogens (tertiary/aromatic N) is 2. The van der Waals surface area contributed by atoms with E-state index in [1.165, 1.54) is 16.7 Å². The van der Waals surface area contributed by atoms with E-state index in [0.29, 0.717) is 11.9 Å². The highest BCUT2D eigenvalue weighted by atomic mass is 16.5. The highest BCUT2D eigenvalue weighted by Crippen LogP contribution is 2.34. The molecule has 0 saturated carbocycles. The summed E-state index contributed by atoms with van der Waals surface area (Å²) < 4.78 is 5.23. The van der Waals surface area contributed by atoms with Crippen LogP contribution in [0.4, 0.5) is 0 Å². The van der Waals surface area contributed by atoms with Crippen molar-refractivity contribution in [3.63, 3.8) is 0 Å². The number of aromatic nitrogens is 1. The van der Waals surface area contributed by atoms with Crippen molar-refractivity contribution in [1.82, 2.24) is 9.88 Å². The molecule has 0 aliphatic carbocycles. The van der Waals surface area contributed by atoms with Gasteiger partial charge in [0.1, 0.15) is 0 Å². The van der Waals surface area contributed by atoms with Crippen LogP contribution in [0.25, 0.3) is 0 Å². The smallest absolute Gasteiger partial charge is 0.212 e. The van der Waals surface area contributed by atoms with E-state index in [2.05, 4.69) is 90.5 Å². The van der Waals surface area contributed by atoms with Crippen molar-refractivity contribution in [3.05, 3.63) is 95.7 Å². The van der Waals surface area contributed by atoms with Crippen LogP contribution < -0.4 is 4.74 Å². The summed E-state index contributed by atoms with van der Waals surface area (Å²) in [7, 11) is 1.65. The summed E-state index contributed by atoms with van der Waals surface area (Å²) in [5, 5.41) is 0. The molecular formula is C24H28N2O. The third kappa shape index (κ3) is 4.75. The fraction of sp³-hybridized carbons (Fsp3) is 0.292. The summed E-state index contributed by atoms with van der Waals surface area (Å²) in [4.78, 5) is 7.00. The minimum Gasteiger partial charge on any atom is -0.481 e. The number of pyridine rings is 1. The molecule has 1 aromatic heterocycles. The SMILES string of the molecule is CC[C@@H](c1ccc(OC)nc1)N(Cc1ccccc1)C(C)c1ccccc1. The number of benzene rings is 2. The molecule has 0 aliphatic rings. The van der Waals surface area contributed by atoms with E-state index < -0.39 is 0 Å². The second kappa shape index (κ2) is 9.33. The van der Waals surface area contributed by atoms with Gasteiger partial charge in [0.25, 0.3) is 0 Å². The van der Waals surface area contributed by atoms with Crippen molar-refractivity contribution in [3.8, 4) is 5.88 Å². The zero-order valence-corrected chi connectivity index (χ0v) is 16.4. The van der Waals surface area contributed by atoms with Gasteiger partial charge in [-0.3, -0.25) is 4.90 Å². The first-order chi connectivity index (χ1) is 13.2. The molecule has 27 heavy (non-hydrogen) atoms. The zero-order valence-electron chi connectivity index (χ0n) is 16.4. The second-order valence-electron chi connectivity index (χ2n) is 6.80. The van der Waals surface area contributed by atoms with Crippen LogP contribution >= 0.6 is 0 Å². The zero-order chi connectivity index (χ0) is 19.1.